The number of carbonyl (C=O) groups excluding carboxylic acids is 4. The second kappa shape index (κ2) is 7.95. The summed E-state index contributed by atoms with van der Waals surface area (Å²) in [5.74, 6) is -2.11. The molecule has 9 heteroatoms. The average molecular weight is 374 g/mol. The van der Waals surface area contributed by atoms with Crippen molar-refractivity contribution in [2.75, 3.05) is 13.1 Å². The number of hydrogen-bond donors (Lipinski definition) is 4. The zero-order valence-electron chi connectivity index (χ0n) is 14.7. The summed E-state index contributed by atoms with van der Waals surface area (Å²) in [6.07, 6.45) is 0.0661. The second-order valence-electron chi connectivity index (χ2n) is 6.65. The molecule has 144 valence electrons. The molecule has 2 atom stereocenters. The second-order valence-corrected chi connectivity index (χ2v) is 6.65. The number of nitrogens with two attached hydrogens (primary N) is 1. The van der Waals surface area contributed by atoms with Gasteiger partial charge in [0.1, 0.15) is 6.04 Å². The van der Waals surface area contributed by atoms with Gasteiger partial charge in [0, 0.05) is 19.5 Å². The van der Waals surface area contributed by atoms with Crippen molar-refractivity contribution in [3.8, 4) is 0 Å². The Morgan fingerprint density at radius 2 is 2.04 bits per heavy atom. The van der Waals surface area contributed by atoms with Crippen molar-refractivity contribution in [1.82, 2.24) is 15.5 Å². The van der Waals surface area contributed by atoms with E-state index in [9.17, 15) is 24.3 Å². The van der Waals surface area contributed by atoms with Crippen LogP contribution in [0.15, 0.2) is 18.2 Å². The third-order valence-electron chi connectivity index (χ3n) is 4.75. The van der Waals surface area contributed by atoms with E-state index in [1.54, 1.807) is 18.2 Å². The van der Waals surface area contributed by atoms with E-state index in [2.05, 4.69) is 10.6 Å². The SMILES string of the molecule is NCCC(O)CNCc1cccc2c1C(=O)N(C1CCC(=O)NC1=O)C2=O. The van der Waals surface area contributed by atoms with Crippen molar-refractivity contribution in [2.24, 2.45) is 5.73 Å². The Kier molecular flexibility index (Phi) is 5.64. The first-order valence-electron chi connectivity index (χ1n) is 8.86. The Morgan fingerprint density at radius 3 is 2.74 bits per heavy atom. The summed E-state index contributed by atoms with van der Waals surface area (Å²) in [7, 11) is 0. The number of benzene rings is 1. The van der Waals surface area contributed by atoms with Gasteiger partial charge < -0.3 is 16.2 Å². The molecular formula is C18H22N4O5. The molecule has 0 saturated carbocycles. The lowest BCUT2D eigenvalue weighted by molar-refractivity contribution is -0.136. The van der Waals surface area contributed by atoms with Crippen molar-refractivity contribution in [3.63, 3.8) is 0 Å². The molecule has 0 aliphatic carbocycles. The molecule has 0 aromatic heterocycles. The zero-order valence-corrected chi connectivity index (χ0v) is 14.7. The van der Waals surface area contributed by atoms with E-state index >= 15 is 0 Å². The minimum Gasteiger partial charge on any atom is -0.392 e. The lowest BCUT2D eigenvalue weighted by Gasteiger charge is -2.27. The van der Waals surface area contributed by atoms with Crippen LogP contribution in [-0.4, -0.2) is 58.9 Å². The third kappa shape index (κ3) is 3.75. The number of aliphatic hydroxyl groups excluding tert-OH is 1. The Bertz CT molecular complexity index is 794. The van der Waals surface area contributed by atoms with Crippen LogP contribution in [0.5, 0.6) is 0 Å². The number of fused-ring (bicyclic) bond motifs is 1. The molecule has 27 heavy (non-hydrogen) atoms. The molecule has 2 aliphatic rings. The topological polar surface area (TPSA) is 142 Å². The predicted octanol–water partition coefficient (Wildman–Crippen LogP) is -1.11. The van der Waals surface area contributed by atoms with Gasteiger partial charge in [-0.3, -0.25) is 29.4 Å². The van der Waals surface area contributed by atoms with E-state index < -0.39 is 35.8 Å². The van der Waals surface area contributed by atoms with Gasteiger partial charge in [-0.2, -0.15) is 0 Å². The van der Waals surface area contributed by atoms with Gasteiger partial charge in [0.05, 0.1) is 17.2 Å². The van der Waals surface area contributed by atoms with E-state index in [1.165, 1.54) is 0 Å². The largest absolute Gasteiger partial charge is 0.392 e. The predicted molar refractivity (Wildman–Crippen MR) is 94.5 cm³/mol. The molecule has 9 nitrogen and oxygen atoms in total. The van der Waals surface area contributed by atoms with E-state index in [0.717, 1.165) is 4.90 Å². The van der Waals surface area contributed by atoms with E-state index in [1.807, 2.05) is 0 Å². The first kappa shape index (κ1) is 19.2. The van der Waals surface area contributed by atoms with Crippen LogP contribution >= 0.6 is 0 Å². The lowest BCUT2D eigenvalue weighted by atomic mass is 10.0. The quantitative estimate of drug-likeness (QED) is 0.443. The highest BCUT2D eigenvalue weighted by molar-refractivity contribution is 6.24. The maximum Gasteiger partial charge on any atom is 0.262 e. The third-order valence-corrected chi connectivity index (χ3v) is 4.75. The summed E-state index contributed by atoms with van der Waals surface area (Å²) < 4.78 is 0. The monoisotopic (exact) mass is 374 g/mol. The van der Waals surface area contributed by atoms with Crippen LogP contribution in [0.3, 0.4) is 0 Å². The molecule has 0 radical (unpaired) electrons. The maximum absolute atomic E-state index is 12.9. The molecule has 0 spiro atoms. The summed E-state index contributed by atoms with van der Waals surface area (Å²) in [4.78, 5) is 50.0. The Morgan fingerprint density at radius 1 is 1.26 bits per heavy atom. The lowest BCUT2D eigenvalue weighted by Crippen LogP contribution is -2.54. The summed E-state index contributed by atoms with van der Waals surface area (Å²) in [6, 6.07) is 3.96. The summed E-state index contributed by atoms with van der Waals surface area (Å²) >= 11 is 0. The smallest absolute Gasteiger partial charge is 0.262 e. The fraction of sp³-hybridized carbons (Fsp3) is 0.444. The van der Waals surface area contributed by atoms with Gasteiger partial charge in [-0.05, 0) is 31.0 Å². The molecule has 4 amide bonds. The van der Waals surface area contributed by atoms with Gasteiger partial charge in [-0.25, -0.2) is 0 Å². The van der Waals surface area contributed by atoms with Crippen LogP contribution in [0.4, 0.5) is 0 Å². The highest BCUT2D eigenvalue weighted by Crippen LogP contribution is 2.29. The van der Waals surface area contributed by atoms with Gasteiger partial charge in [0.2, 0.25) is 11.8 Å². The summed E-state index contributed by atoms with van der Waals surface area (Å²) in [5, 5.41) is 15.0. The van der Waals surface area contributed by atoms with Crippen LogP contribution in [-0.2, 0) is 16.1 Å². The standard InChI is InChI=1S/C18H22N4O5/c19-7-6-11(23)9-20-8-10-2-1-3-12-15(10)18(27)22(17(12)26)13-4-5-14(24)21-16(13)25/h1-3,11,13,20,23H,4-9,19H2,(H,21,24,25). The molecule has 0 bridgehead atoms. The Hall–Kier alpha value is -2.62. The first-order chi connectivity index (χ1) is 12.9. The molecular weight excluding hydrogens is 352 g/mol. The number of hydrogen-bond acceptors (Lipinski definition) is 7. The maximum atomic E-state index is 12.9. The number of rotatable bonds is 7. The van der Waals surface area contributed by atoms with Crippen LogP contribution in [0.1, 0.15) is 45.5 Å². The van der Waals surface area contributed by atoms with Gasteiger partial charge in [-0.1, -0.05) is 12.1 Å². The summed E-state index contributed by atoms with van der Waals surface area (Å²) in [6.45, 7) is 0.963. The Labute approximate surface area is 155 Å². The number of imide groups is 2. The highest BCUT2D eigenvalue weighted by atomic mass is 16.3. The number of nitrogens with zero attached hydrogens (tertiary/aromatic N) is 1. The minimum absolute atomic E-state index is 0.0806. The molecule has 3 rings (SSSR count). The summed E-state index contributed by atoms with van der Waals surface area (Å²) in [5.41, 5.74) is 6.51. The number of piperidine rings is 1. The molecule has 5 N–H and O–H groups in total. The number of amides is 4. The van der Waals surface area contributed by atoms with Gasteiger partial charge in [0.25, 0.3) is 11.8 Å². The van der Waals surface area contributed by atoms with Crippen molar-refractivity contribution in [1.29, 1.82) is 0 Å². The number of aliphatic hydroxyl groups is 1. The molecule has 1 aromatic carbocycles. The molecule has 2 unspecified atom stereocenters. The molecule has 1 aromatic rings. The highest BCUT2D eigenvalue weighted by Gasteiger charge is 2.45. The molecule has 1 fully saturated rings. The minimum atomic E-state index is -0.984. The number of nitrogens with one attached hydrogen (secondary N) is 2. The molecule has 2 heterocycles. The van der Waals surface area contributed by atoms with Crippen molar-refractivity contribution in [3.05, 3.63) is 34.9 Å². The average Bonchev–Trinajstić information content (AvgIpc) is 2.87. The van der Waals surface area contributed by atoms with Crippen molar-refractivity contribution < 1.29 is 24.3 Å². The van der Waals surface area contributed by atoms with Gasteiger partial charge in [-0.15, -0.1) is 0 Å². The van der Waals surface area contributed by atoms with E-state index in [-0.39, 0.29) is 30.5 Å². The molecule has 1 saturated heterocycles. The number of carbonyl (C=O) groups is 4. The van der Waals surface area contributed by atoms with Crippen LogP contribution in [0.25, 0.3) is 0 Å². The molecule has 2 aliphatic heterocycles. The van der Waals surface area contributed by atoms with Crippen molar-refractivity contribution in [2.45, 2.75) is 38.0 Å². The van der Waals surface area contributed by atoms with Gasteiger partial charge >= 0.3 is 0 Å². The normalized spacial score (nSPS) is 20.7. The van der Waals surface area contributed by atoms with Crippen LogP contribution in [0, 0.1) is 0 Å². The fourth-order valence-electron chi connectivity index (χ4n) is 3.40. The first-order valence-corrected chi connectivity index (χ1v) is 8.86. The Balaban J connectivity index is 1.78. The fourth-order valence-corrected chi connectivity index (χ4v) is 3.40. The van der Waals surface area contributed by atoms with Gasteiger partial charge in [0.15, 0.2) is 0 Å². The van der Waals surface area contributed by atoms with Crippen LogP contribution in [0.2, 0.25) is 0 Å². The van der Waals surface area contributed by atoms with E-state index in [0.29, 0.717) is 25.1 Å². The van der Waals surface area contributed by atoms with Crippen LogP contribution < -0.4 is 16.4 Å². The van der Waals surface area contributed by atoms with Crippen molar-refractivity contribution >= 4 is 23.6 Å². The van der Waals surface area contributed by atoms with E-state index in [4.69, 9.17) is 5.73 Å². The zero-order chi connectivity index (χ0) is 19.6.